The van der Waals surface area contributed by atoms with Gasteiger partial charge in [0, 0.05) is 6.54 Å². The molecule has 0 bridgehead atoms. The lowest BCUT2D eigenvalue weighted by atomic mass is 9.98. The first-order valence-corrected chi connectivity index (χ1v) is 5.76. The van der Waals surface area contributed by atoms with Gasteiger partial charge in [-0.25, -0.2) is 9.59 Å². The summed E-state index contributed by atoms with van der Waals surface area (Å²) in [4.78, 5) is 22.2. The Balaban J connectivity index is 4.06. The van der Waals surface area contributed by atoms with Crippen LogP contribution in [0.25, 0.3) is 0 Å². The fourth-order valence-corrected chi connectivity index (χ4v) is 1.09. The molecule has 17 heavy (non-hydrogen) atoms. The van der Waals surface area contributed by atoms with Gasteiger partial charge in [-0.05, 0) is 18.3 Å². The second-order valence-corrected chi connectivity index (χ2v) is 4.49. The van der Waals surface area contributed by atoms with Crippen LogP contribution in [-0.2, 0) is 4.79 Å². The summed E-state index contributed by atoms with van der Waals surface area (Å²) in [5, 5.41) is 13.9. The maximum absolute atomic E-state index is 11.4. The fraction of sp³-hybridized carbons (Fsp3) is 0.667. The van der Waals surface area contributed by atoms with E-state index in [1.54, 1.807) is 0 Å². The summed E-state index contributed by atoms with van der Waals surface area (Å²) in [7, 11) is 0. The average Bonchev–Trinajstić information content (AvgIpc) is 2.24. The Labute approximate surface area is 102 Å². The summed E-state index contributed by atoms with van der Waals surface area (Å²) in [6.45, 7) is 10.2. The summed E-state index contributed by atoms with van der Waals surface area (Å²) in [6, 6.07) is -1.37. The van der Waals surface area contributed by atoms with E-state index in [1.165, 1.54) is 6.08 Å². The van der Waals surface area contributed by atoms with Crippen molar-refractivity contribution in [3.05, 3.63) is 12.7 Å². The molecule has 0 saturated carbocycles. The van der Waals surface area contributed by atoms with Gasteiger partial charge in [0.25, 0.3) is 0 Å². The van der Waals surface area contributed by atoms with Gasteiger partial charge in [-0.1, -0.05) is 26.8 Å². The van der Waals surface area contributed by atoms with E-state index in [-0.39, 0.29) is 6.42 Å². The molecule has 0 spiro atoms. The maximum atomic E-state index is 11.4. The zero-order valence-corrected chi connectivity index (χ0v) is 10.7. The van der Waals surface area contributed by atoms with E-state index in [2.05, 4.69) is 31.1 Å². The lowest BCUT2D eigenvalue weighted by Gasteiger charge is -2.18. The molecule has 3 N–H and O–H groups in total. The molecule has 0 radical (unpaired) electrons. The van der Waals surface area contributed by atoms with Crippen LogP contribution in [0.5, 0.6) is 0 Å². The van der Waals surface area contributed by atoms with Crippen LogP contribution in [-0.4, -0.2) is 29.7 Å². The predicted molar refractivity (Wildman–Crippen MR) is 66.8 cm³/mol. The van der Waals surface area contributed by atoms with Gasteiger partial charge in [0.1, 0.15) is 6.04 Å². The van der Waals surface area contributed by atoms with Gasteiger partial charge in [0.15, 0.2) is 0 Å². The zero-order chi connectivity index (χ0) is 13.4. The number of rotatable bonds is 7. The van der Waals surface area contributed by atoms with Crippen molar-refractivity contribution in [2.45, 2.75) is 33.2 Å². The number of urea groups is 1. The Bertz CT molecular complexity index is 277. The number of carbonyl (C=O) groups excluding carboxylic acids is 1. The molecule has 0 aliphatic rings. The molecule has 0 aliphatic carbocycles. The predicted octanol–water partition coefficient (Wildman–Crippen LogP) is 1.61. The molecule has 0 saturated heterocycles. The summed E-state index contributed by atoms with van der Waals surface area (Å²) in [6.07, 6.45) is 1.68. The number of carboxylic acid groups (broad SMARTS) is 1. The Morgan fingerprint density at radius 2 is 1.94 bits per heavy atom. The Morgan fingerprint density at radius 3 is 2.35 bits per heavy atom. The molecule has 2 atom stereocenters. The lowest BCUT2D eigenvalue weighted by Crippen LogP contribution is -2.46. The highest BCUT2D eigenvalue weighted by atomic mass is 16.4. The number of amides is 2. The van der Waals surface area contributed by atoms with E-state index in [4.69, 9.17) is 5.11 Å². The van der Waals surface area contributed by atoms with E-state index >= 15 is 0 Å². The second kappa shape index (κ2) is 7.70. The molecule has 0 aromatic rings. The lowest BCUT2D eigenvalue weighted by molar-refractivity contribution is -0.139. The van der Waals surface area contributed by atoms with Crippen LogP contribution in [0.4, 0.5) is 4.79 Å². The number of carbonyl (C=O) groups is 2. The number of aliphatic carboxylic acids is 1. The summed E-state index contributed by atoms with van der Waals surface area (Å²) in [5.41, 5.74) is 0. The van der Waals surface area contributed by atoms with E-state index in [1.807, 2.05) is 6.92 Å². The smallest absolute Gasteiger partial charge is 0.326 e. The van der Waals surface area contributed by atoms with Crippen LogP contribution in [0.3, 0.4) is 0 Å². The minimum atomic E-state index is -1.06. The standard InChI is InChI=1S/C12H22N2O3/c1-5-6-10(11(15)16)14-12(17)13-7-9(4)8(2)3/h5,8-10H,1,6-7H2,2-4H3,(H,15,16)(H2,13,14,17). The van der Waals surface area contributed by atoms with E-state index in [0.29, 0.717) is 18.4 Å². The third-order valence-electron chi connectivity index (χ3n) is 2.73. The van der Waals surface area contributed by atoms with Gasteiger partial charge in [-0.2, -0.15) is 0 Å². The van der Waals surface area contributed by atoms with Gasteiger partial charge in [-0.15, -0.1) is 6.58 Å². The molecule has 0 fully saturated rings. The molecular weight excluding hydrogens is 220 g/mol. The first-order chi connectivity index (χ1) is 7.88. The molecule has 2 amide bonds. The SMILES string of the molecule is C=CCC(NC(=O)NCC(C)C(C)C)C(=O)O. The topological polar surface area (TPSA) is 78.4 Å². The molecule has 5 nitrogen and oxygen atoms in total. The first-order valence-electron chi connectivity index (χ1n) is 5.76. The minimum absolute atomic E-state index is 0.211. The molecule has 0 heterocycles. The van der Waals surface area contributed by atoms with Crippen molar-refractivity contribution in [3.63, 3.8) is 0 Å². The average molecular weight is 242 g/mol. The normalized spacial score (nSPS) is 13.9. The summed E-state index contributed by atoms with van der Waals surface area (Å²) < 4.78 is 0. The van der Waals surface area contributed by atoms with Crippen LogP contribution >= 0.6 is 0 Å². The number of hydrogen-bond donors (Lipinski definition) is 3. The van der Waals surface area contributed by atoms with Gasteiger partial charge < -0.3 is 15.7 Å². The first kappa shape index (κ1) is 15.5. The highest BCUT2D eigenvalue weighted by Crippen LogP contribution is 2.07. The Hall–Kier alpha value is -1.52. The quantitative estimate of drug-likeness (QED) is 0.593. The molecular formula is C12H22N2O3. The van der Waals surface area contributed by atoms with Gasteiger partial charge in [0.2, 0.25) is 0 Å². The van der Waals surface area contributed by atoms with Crippen molar-refractivity contribution in [2.75, 3.05) is 6.54 Å². The van der Waals surface area contributed by atoms with Crippen LogP contribution in [0.2, 0.25) is 0 Å². The van der Waals surface area contributed by atoms with Crippen molar-refractivity contribution in [1.29, 1.82) is 0 Å². The molecule has 98 valence electrons. The third kappa shape index (κ3) is 6.60. The van der Waals surface area contributed by atoms with Crippen molar-refractivity contribution >= 4 is 12.0 Å². The molecule has 0 aromatic heterocycles. The summed E-state index contributed by atoms with van der Waals surface area (Å²) in [5.74, 6) is -0.237. The molecule has 2 unspecified atom stereocenters. The fourth-order valence-electron chi connectivity index (χ4n) is 1.09. The number of hydrogen-bond acceptors (Lipinski definition) is 2. The van der Waals surface area contributed by atoms with Gasteiger partial charge in [-0.3, -0.25) is 0 Å². The molecule has 0 aliphatic heterocycles. The Kier molecular flexibility index (Phi) is 7.02. The van der Waals surface area contributed by atoms with Gasteiger partial charge in [0.05, 0.1) is 0 Å². The van der Waals surface area contributed by atoms with Crippen molar-refractivity contribution in [1.82, 2.24) is 10.6 Å². The highest BCUT2D eigenvalue weighted by Gasteiger charge is 2.18. The van der Waals surface area contributed by atoms with Crippen LogP contribution in [0.15, 0.2) is 12.7 Å². The second-order valence-electron chi connectivity index (χ2n) is 4.49. The van der Waals surface area contributed by atoms with Crippen LogP contribution < -0.4 is 10.6 Å². The van der Waals surface area contributed by atoms with E-state index in [9.17, 15) is 9.59 Å². The maximum Gasteiger partial charge on any atom is 0.326 e. The van der Waals surface area contributed by atoms with E-state index in [0.717, 1.165) is 0 Å². The zero-order valence-electron chi connectivity index (χ0n) is 10.7. The monoisotopic (exact) mass is 242 g/mol. The summed E-state index contributed by atoms with van der Waals surface area (Å²) >= 11 is 0. The molecule has 5 heteroatoms. The Morgan fingerprint density at radius 1 is 1.35 bits per heavy atom. The minimum Gasteiger partial charge on any atom is -0.480 e. The molecule has 0 aromatic carbocycles. The van der Waals surface area contributed by atoms with Crippen molar-refractivity contribution in [2.24, 2.45) is 11.8 Å². The van der Waals surface area contributed by atoms with Crippen molar-refractivity contribution in [3.8, 4) is 0 Å². The van der Waals surface area contributed by atoms with Crippen LogP contribution in [0.1, 0.15) is 27.2 Å². The van der Waals surface area contributed by atoms with Crippen molar-refractivity contribution < 1.29 is 14.7 Å². The van der Waals surface area contributed by atoms with E-state index < -0.39 is 18.0 Å². The van der Waals surface area contributed by atoms with Gasteiger partial charge >= 0.3 is 12.0 Å². The highest BCUT2D eigenvalue weighted by molar-refractivity contribution is 5.82. The van der Waals surface area contributed by atoms with Crippen LogP contribution in [0, 0.1) is 11.8 Å². The number of carboxylic acids is 1. The molecule has 0 rings (SSSR count). The third-order valence-corrected chi connectivity index (χ3v) is 2.73. The number of nitrogens with one attached hydrogen (secondary N) is 2. The largest absolute Gasteiger partial charge is 0.480 e.